The second kappa shape index (κ2) is 10.9. The first-order valence-corrected chi connectivity index (χ1v) is 13.8. The van der Waals surface area contributed by atoms with Crippen molar-refractivity contribution in [3.05, 3.63) is 58.9 Å². The molecular formula is C25H29N5O7S. The molecule has 3 amide bonds. The molecule has 0 aliphatic carbocycles. The second-order valence-electron chi connectivity index (χ2n) is 9.47. The van der Waals surface area contributed by atoms with Crippen LogP contribution in [-0.4, -0.2) is 77.9 Å². The lowest BCUT2D eigenvalue weighted by Crippen LogP contribution is -2.50. The van der Waals surface area contributed by atoms with Gasteiger partial charge in [-0.25, -0.2) is 23.5 Å². The maximum Gasteiger partial charge on any atom is 0.407 e. The van der Waals surface area contributed by atoms with Crippen molar-refractivity contribution < 1.29 is 32.7 Å². The molecule has 0 saturated carbocycles. The quantitative estimate of drug-likeness (QED) is 0.214. The molecule has 12 nitrogen and oxygen atoms in total. The average molecular weight is 544 g/mol. The van der Waals surface area contributed by atoms with E-state index >= 15 is 0 Å². The van der Waals surface area contributed by atoms with Crippen LogP contribution >= 0.6 is 0 Å². The van der Waals surface area contributed by atoms with E-state index in [1.807, 2.05) is 24.3 Å². The fourth-order valence-electron chi connectivity index (χ4n) is 3.96. The minimum Gasteiger partial charge on any atom is -0.444 e. The summed E-state index contributed by atoms with van der Waals surface area (Å²) in [5, 5.41) is 14.7. The van der Waals surface area contributed by atoms with Crippen LogP contribution in [0.5, 0.6) is 0 Å². The molecule has 2 aliphatic rings. The van der Waals surface area contributed by atoms with Gasteiger partial charge in [0.1, 0.15) is 6.10 Å². The van der Waals surface area contributed by atoms with Gasteiger partial charge in [0, 0.05) is 55.5 Å². The third-order valence-electron chi connectivity index (χ3n) is 6.75. The number of nitrogens with zero attached hydrogens (tertiary/aromatic N) is 2. The van der Waals surface area contributed by atoms with Crippen LogP contribution in [0.2, 0.25) is 0 Å². The fourth-order valence-corrected chi connectivity index (χ4v) is 4.81. The van der Waals surface area contributed by atoms with Crippen molar-refractivity contribution in [2.75, 3.05) is 25.9 Å². The van der Waals surface area contributed by atoms with Crippen LogP contribution in [0.15, 0.2) is 36.5 Å². The van der Waals surface area contributed by atoms with Gasteiger partial charge in [-0.3, -0.25) is 14.6 Å². The van der Waals surface area contributed by atoms with Crippen LogP contribution in [0.1, 0.15) is 35.7 Å². The summed E-state index contributed by atoms with van der Waals surface area (Å²) >= 11 is 0. The SMILES string of the molecule is C[C@@](CCN1Cc2cc(C#Cc3ccc(CNC(=O)OC4CNC4)cc3)cn2C1=O)(C(=O)NO)S(C)(=O)=O. The maximum absolute atomic E-state index is 12.8. The normalized spacial score (nSPS) is 16.5. The van der Waals surface area contributed by atoms with Crippen LogP contribution < -0.4 is 16.1 Å². The molecule has 0 unspecified atom stereocenters. The van der Waals surface area contributed by atoms with Crippen LogP contribution in [-0.2, 0) is 32.5 Å². The van der Waals surface area contributed by atoms with Gasteiger partial charge in [0.2, 0.25) is 0 Å². The Morgan fingerprint density at radius 3 is 2.47 bits per heavy atom. The van der Waals surface area contributed by atoms with Crippen LogP contribution in [0.4, 0.5) is 9.59 Å². The Bertz CT molecular complexity index is 1400. The van der Waals surface area contributed by atoms with Crippen molar-refractivity contribution in [1.29, 1.82) is 0 Å². The van der Waals surface area contributed by atoms with E-state index in [4.69, 9.17) is 9.94 Å². The number of aromatic nitrogens is 1. The molecule has 1 atom stereocenters. The minimum absolute atomic E-state index is 0.00916. The number of carbonyl (C=O) groups is 3. The molecule has 4 N–H and O–H groups in total. The van der Waals surface area contributed by atoms with Gasteiger partial charge in [-0.2, -0.15) is 0 Å². The monoisotopic (exact) mass is 543 g/mol. The lowest BCUT2D eigenvalue weighted by Gasteiger charge is -2.27. The zero-order chi connectivity index (χ0) is 27.5. The van der Waals surface area contributed by atoms with E-state index in [1.54, 1.807) is 12.3 Å². The highest BCUT2D eigenvalue weighted by atomic mass is 32.2. The molecule has 0 radical (unpaired) electrons. The van der Waals surface area contributed by atoms with Crippen molar-refractivity contribution in [2.24, 2.45) is 0 Å². The summed E-state index contributed by atoms with van der Waals surface area (Å²) in [6, 6.07) is 8.82. The van der Waals surface area contributed by atoms with E-state index in [0.29, 0.717) is 30.9 Å². The smallest absolute Gasteiger partial charge is 0.407 e. The summed E-state index contributed by atoms with van der Waals surface area (Å²) in [5.41, 5.74) is 4.40. The molecule has 1 fully saturated rings. The van der Waals surface area contributed by atoms with Crippen LogP contribution in [0.25, 0.3) is 0 Å². The lowest BCUT2D eigenvalue weighted by molar-refractivity contribution is -0.131. The van der Waals surface area contributed by atoms with E-state index in [-0.39, 0.29) is 31.6 Å². The first-order valence-electron chi connectivity index (χ1n) is 11.9. The predicted molar refractivity (Wildman–Crippen MR) is 136 cm³/mol. The summed E-state index contributed by atoms with van der Waals surface area (Å²) in [4.78, 5) is 38.0. The van der Waals surface area contributed by atoms with Crippen molar-refractivity contribution in [2.45, 2.75) is 37.3 Å². The standard InChI is InChI=1S/C25H29N5O7S/c1-25(22(31)28-34,38(2,35)36)9-10-29-16-20-11-19(15-30(20)24(29)33)8-5-17-3-6-18(7-4-17)12-27-23(32)37-21-13-26-14-21/h3-4,6-7,11,15,21,26,34H,9-10,12-14,16H2,1-2H3,(H,27,32)(H,28,31)/t25-/m1/s1. The Morgan fingerprint density at radius 2 is 1.89 bits per heavy atom. The predicted octanol–water partition coefficient (Wildman–Crippen LogP) is 0.568. The lowest BCUT2D eigenvalue weighted by atomic mass is 10.1. The zero-order valence-electron chi connectivity index (χ0n) is 21.0. The van der Waals surface area contributed by atoms with Crippen LogP contribution in [0.3, 0.4) is 0 Å². The Balaban J connectivity index is 1.32. The van der Waals surface area contributed by atoms with Gasteiger partial charge in [0.25, 0.3) is 5.91 Å². The number of carbonyl (C=O) groups excluding carboxylic acids is 3. The number of sulfone groups is 1. The topological polar surface area (TPSA) is 159 Å². The first kappa shape index (κ1) is 27.2. The Hall–Kier alpha value is -3.86. The molecule has 0 bridgehead atoms. The maximum atomic E-state index is 12.8. The summed E-state index contributed by atoms with van der Waals surface area (Å²) in [7, 11) is -3.85. The Morgan fingerprint density at radius 1 is 1.21 bits per heavy atom. The highest BCUT2D eigenvalue weighted by molar-refractivity contribution is 7.92. The van der Waals surface area contributed by atoms with Gasteiger partial charge in [-0.15, -0.1) is 0 Å². The molecule has 2 aromatic rings. The number of hydroxylamine groups is 1. The molecule has 1 aromatic heterocycles. The molecule has 0 spiro atoms. The molecule has 13 heteroatoms. The number of rotatable bonds is 8. The summed E-state index contributed by atoms with van der Waals surface area (Å²) in [6.45, 7) is 3.15. The molecule has 4 rings (SSSR count). The van der Waals surface area contributed by atoms with Crippen molar-refractivity contribution >= 4 is 27.9 Å². The van der Waals surface area contributed by atoms with E-state index in [2.05, 4.69) is 22.5 Å². The van der Waals surface area contributed by atoms with Gasteiger partial charge in [-0.1, -0.05) is 24.0 Å². The van der Waals surface area contributed by atoms with E-state index < -0.39 is 26.6 Å². The van der Waals surface area contributed by atoms with Crippen molar-refractivity contribution in [3.8, 4) is 11.8 Å². The fraction of sp³-hybridized carbons (Fsp3) is 0.400. The third-order valence-corrected chi connectivity index (χ3v) is 8.77. The number of nitrogens with one attached hydrogen (secondary N) is 3. The molecule has 1 saturated heterocycles. The molecule has 38 heavy (non-hydrogen) atoms. The van der Waals surface area contributed by atoms with Gasteiger partial charge in [0.05, 0.1) is 6.54 Å². The average Bonchev–Trinajstić information content (AvgIpc) is 3.39. The van der Waals surface area contributed by atoms with Gasteiger partial charge in [-0.05, 0) is 37.1 Å². The number of amides is 3. The van der Waals surface area contributed by atoms with Crippen molar-refractivity contribution in [3.63, 3.8) is 0 Å². The molecule has 202 valence electrons. The molecule has 2 aliphatic heterocycles. The van der Waals surface area contributed by atoms with E-state index in [1.165, 1.54) is 21.9 Å². The first-order chi connectivity index (χ1) is 18.0. The largest absolute Gasteiger partial charge is 0.444 e. The Labute approximate surface area is 220 Å². The summed E-state index contributed by atoms with van der Waals surface area (Å²) < 4.78 is 29.1. The number of hydrogen-bond donors (Lipinski definition) is 4. The second-order valence-corrected chi connectivity index (χ2v) is 11.9. The number of alkyl carbamates (subject to hydrolysis) is 1. The molecule has 1 aromatic carbocycles. The van der Waals surface area contributed by atoms with E-state index in [9.17, 15) is 22.8 Å². The number of benzene rings is 1. The minimum atomic E-state index is -3.85. The van der Waals surface area contributed by atoms with Gasteiger partial charge >= 0.3 is 12.1 Å². The van der Waals surface area contributed by atoms with Gasteiger partial charge < -0.3 is 20.3 Å². The Kier molecular flexibility index (Phi) is 7.77. The highest BCUT2D eigenvalue weighted by Gasteiger charge is 2.44. The van der Waals surface area contributed by atoms with E-state index in [0.717, 1.165) is 17.4 Å². The molecule has 3 heterocycles. The highest BCUT2D eigenvalue weighted by Crippen LogP contribution is 2.25. The van der Waals surface area contributed by atoms with Crippen LogP contribution in [0, 0.1) is 11.8 Å². The van der Waals surface area contributed by atoms with Gasteiger partial charge in [0.15, 0.2) is 14.6 Å². The zero-order valence-corrected chi connectivity index (χ0v) is 21.8. The number of fused-ring (bicyclic) bond motifs is 1. The summed E-state index contributed by atoms with van der Waals surface area (Å²) in [5.74, 6) is 5.03. The number of ether oxygens (including phenoxy) is 1. The number of hydrogen-bond acceptors (Lipinski definition) is 8. The third kappa shape index (κ3) is 5.83. The van der Waals surface area contributed by atoms with Crippen molar-refractivity contribution in [1.82, 2.24) is 25.6 Å². The summed E-state index contributed by atoms with van der Waals surface area (Å²) in [6.07, 6.45) is 1.83. The molecular weight excluding hydrogens is 514 g/mol.